The Labute approximate surface area is 77.1 Å². The van der Waals surface area contributed by atoms with Crippen LogP contribution in [0.3, 0.4) is 0 Å². The summed E-state index contributed by atoms with van der Waals surface area (Å²) < 4.78 is 0. The average molecular weight is 228 g/mol. The molecule has 0 aromatic heterocycles. The van der Waals surface area contributed by atoms with E-state index in [2.05, 4.69) is 25.2 Å². The summed E-state index contributed by atoms with van der Waals surface area (Å²) in [6.07, 6.45) is 11.4. The first-order valence-corrected chi connectivity index (χ1v) is 3.55. The fourth-order valence-electron chi connectivity index (χ4n) is 0.990. The van der Waals surface area contributed by atoms with Crippen LogP contribution in [-0.4, -0.2) is 0 Å². The van der Waals surface area contributed by atoms with Gasteiger partial charge in [-0.2, -0.15) is 0 Å². The third-order valence-corrected chi connectivity index (χ3v) is 1.57. The van der Waals surface area contributed by atoms with Crippen molar-refractivity contribution >= 4 is 0 Å². The van der Waals surface area contributed by atoms with Crippen molar-refractivity contribution in [3.8, 4) is 0 Å². The van der Waals surface area contributed by atoms with Crippen molar-refractivity contribution in [2.24, 2.45) is 0 Å². The van der Waals surface area contributed by atoms with E-state index in [0.29, 0.717) is 0 Å². The molecule has 59 valence electrons. The van der Waals surface area contributed by atoms with Gasteiger partial charge in [0.15, 0.2) is 0 Å². The van der Waals surface area contributed by atoms with Gasteiger partial charge < -0.3 is 0 Å². The van der Waals surface area contributed by atoms with Gasteiger partial charge >= 0.3 is 0 Å². The molecule has 0 heterocycles. The predicted octanol–water partition coefficient (Wildman–Crippen LogP) is 2.87. The van der Waals surface area contributed by atoms with Crippen LogP contribution in [0.1, 0.15) is 25.7 Å². The molecule has 0 atom stereocenters. The molecule has 10 heavy (non-hydrogen) atoms. The monoisotopic (exact) mass is 227 g/mol. The van der Waals surface area contributed by atoms with Crippen molar-refractivity contribution in [1.29, 1.82) is 0 Å². The molecule has 1 rings (SSSR count). The summed E-state index contributed by atoms with van der Waals surface area (Å²) >= 11 is 0. The molecule has 0 spiro atoms. The van der Waals surface area contributed by atoms with Crippen molar-refractivity contribution in [2.75, 3.05) is 0 Å². The van der Waals surface area contributed by atoms with Crippen molar-refractivity contribution in [3.63, 3.8) is 0 Å². The average Bonchev–Trinajstić information content (AvgIpc) is 1.79. The molecule has 0 aromatic rings. The van der Waals surface area contributed by atoms with Crippen LogP contribution in [0.25, 0.3) is 0 Å². The van der Waals surface area contributed by atoms with E-state index >= 15 is 0 Å². The first-order chi connectivity index (χ1) is 4.39. The molecule has 0 bridgehead atoms. The summed E-state index contributed by atoms with van der Waals surface area (Å²) in [5.74, 6) is 0. The Morgan fingerprint density at radius 2 is 1.80 bits per heavy atom. The molecule has 0 amide bonds. The number of hydrogen-bond acceptors (Lipinski definition) is 0. The fourth-order valence-corrected chi connectivity index (χ4v) is 0.990. The molecule has 0 nitrogen and oxygen atoms in total. The molecule has 0 saturated carbocycles. The van der Waals surface area contributed by atoms with Crippen LogP contribution in [-0.2, 0) is 20.4 Å². The largest absolute Gasteiger partial charge is 0.0882 e. The van der Waals surface area contributed by atoms with Crippen LogP contribution < -0.4 is 0 Å². The number of allylic oxidation sites excluding steroid dienone is 4. The van der Waals surface area contributed by atoms with Gasteiger partial charge in [0.2, 0.25) is 0 Å². The van der Waals surface area contributed by atoms with Gasteiger partial charge in [0.1, 0.15) is 0 Å². The smallest absolute Gasteiger partial charge is 0 e. The second-order valence-electron chi connectivity index (χ2n) is 2.45. The first-order valence-electron chi connectivity index (χ1n) is 3.55. The number of hydrogen-bond donors (Lipinski definition) is 0. The zero-order valence-corrected chi connectivity index (χ0v) is 7.64. The van der Waals surface area contributed by atoms with Gasteiger partial charge in [0.25, 0.3) is 0 Å². The summed E-state index contributed by atoms with van der Waals surface area (Å²) in [5, 5.41) is 0. The molecular formula is C9H13Pd. The molecule has 0 fully saturated rings. The quantitative estimate of drug-likeness (QED) is 0.441. The van der Waals surface area contributed by atoms with Crippen LogP contribution in [0.2, 0.25) is 0 Å². The van der Waals surface area contributed by atoms with Crippen molar-refractivity contribution in [3.05, 3.63) is 30.7 Å². The molecule has 1 radical (unpaired) electrons. The van der Waals surface area contributed by atoms with Gasteiger partial charge in [-0.1, -0.05) is 23.8 Å². The van der Waals surface area contributed by atoms with E-state index in [4.69, 9.17) is 0 Å². The molecule has 0 N–H and O–H groups in total. The van der Waals surface area contributed by atoms with Gasteiger partial charge in [-0.25, -0.2) is 0 Å². The topological polar surface area (TPSA) is 0 Å². The van der Waals surface area contributed by atoms with Crippen LogP contribution in [0.4, 0.5) is 0 Å². The first kappa shape index (κ1) is 10.1. The van der Waals surface area contributed by atoms with Crippen LogP contribution in [0.15, 0.2) is 23.8 Å². The molecule has 0 unspecified atom stereocenters. The molecule has 1 aliphatic carbocycles. The van der Waals surface area contributed by atoms with Crippen LogP contribution in [0, 0.1) is 6.92 Å². The minimum atomic E-state index is 0. The number of rotatable bonds is 0. The second-order valence-corrected chi connectivity index (χ2v) is 2.45. The van der Waals surface area contributed by atoms with E-state index in [9.17, 15) is 0 Å². The second kappa shape index (κ2) is 5.89. The fraction of sp³-hybridized carbons (Fsp3) is 0.444. The Morgan fingerprint density at radius 3 is 2.60 bits per heavy atom. The maximum atomic E-state index is 3.93. The van der Waals surface area contributed by atoms with E-state index in [1.54, 1.807) is 0 Å². The molecular weight excluding hydrogens is 215 g/mol. The molecule has 1 heteroatoms. The normalized spacial score (nSPS) is 18.3. The Bertz CT molecular complexity index is 134. The molecule has 0 aliphatic heterocycles. The zero-order valence-electron chi connectivity index (χ0n) is 6.08. The van der Waals surface area contributed by atoms with Crippen LogP contribution in [0.5, 0.6) is 0 Å². The summed E-state index contributed by atoms with van der Waals surface area (Å²) in [5.41, 5.74) is 1.30. The minimum absolute atomic E-state index is 0. The molecule has 1 aliphatic rings. The van der Waals surface area contributed by atoms with Gasteiger partial charge in [0, 0.05) is 20.4 Å². The molecule has 0 aromatic carbocycles. The van der Waals surface area contributed by atoms with E-state index < -0.39 is 0 Å². The maximum absolute atomic E-state index is 3.93. The Hall–Kier alpha value is 0.142. The summed E-state index contributed by atoms with van der Waals surface area (Å²) in [6.45, 7) is 3.93. The van der Waals surface area contributed by atoms with E-state index in [1.807, 2.05) is 0 Å². The van der Waals surface area contributed by atoms with Crippen molar-refractivity contribution in [2.45, 2.75) is 25.7 Å². The SMILES string of the molecule is [CH2]C1=CCCC=CCC1.[Pd]. The Morgan fingerprint density at radius 1 is 1.10 bits per heavy atom. The van der Waals surface area contributed by atoms with E-state index in [1.165, 1.54) is 24.8 Å². The van der Waals surface area contributed by atoms with E-state index in [-0.39, 0.29) is 20.4 Å². The standard InChI is InChI=1S/C9H13.Pd/c1-9-7-5-3-2-4-6-8-9;/h2-3,8H,1,4-7H2;. The third kappa shape index (κ3) is 4.04. The van der Waals surface area contributed by atoms with Gasteiger partial charge in [-0.3, -0.25) is 0 Å². The zero-order chi connectivity index (χ0) is 6.53. The van der Waals surface area contributed by atoms with E-state index in [0.717, 1.165) is 6.42 Å². The minimum Gasteiger partial charge on any atom is -0.0882 e. The van der Waals surface area contributed by atoms with Gasteiger partial charge in [-0.15, -0.1) is 0 Å². The van der Waals surface area contributed by atoms with Crippen molar-refractivity contribution in [1.82, 2.24) is 0 Å². The van der Waals surface area contributed by atoms with Gasteiger partial charge in [-0.05, 0) is 32.6 Å². The predicted molar refractivity (Wildman–Crippen MR) is 41.0 cm³/mol. The van der Waals surface area contributed by atoms with Crippen molar-refractivity contribution < 1.29 is 20.4 Å². The Balaban J connectivity index is 0.000000810. The third-order valence-electron chi connectivity index (χ3n) is 1.57. The Kier molecular flexibility index (Phi) is 5.98. The maximum Gasteiger partial charge on any atom is 0 e. The summed E-state index contributed by atoms with van der Waals surface area (Å²) in [4.78, 5) is 0. The molecule has 0 saturated heterocycles. The van der Waals surface area contributed by atoms with Gasteiger partial charge in [0.05, 0.1) is 0 Å². The van der Waals surface area contributed by atoms with Crippen LogP contribution >= 0.6 is 0 Å². The summed E-state index contributed by atoms with van der Waals surface area (Å²) in [7, 11) is 0. The summed E-state index contributed by atoms with van der Waals surface area (Å²) in [6, 6.07) is 0.